The first-order valence-corrected chi connectivity index (χ1v) is 9.50. The van der Waals surface area contributed by atoms with Crippen LogP contribution in [0.5, 0.6) is 5.88 Å². The van der Waals surface area contributed by atoms with Crippen molar-refractivity contribution in [3.63, 3.8) is 0 Å². The van der Waals surface area contributed by atoms with Crippen molar-refractivity contribution in [2.45, 2.75) is 26.6 Å². The summed E-state index contributed by atoms with van der Waals surface area (Å²) in [5, 5.41) is 10.1. The maximum absolute atomic E-state index is 10.1. The van der Waals surface area contributed by atoms with Gasteiger partial charge in [0.05, 0.1) is 6.10 Å². The van der Waals surface area contributed by atoms with E-state index in [-0.39, 0.29) is 0 Å². The quantitative estimate of drug-likeness (QED) is 0.485. The minimum atomic E-state index is -0.623. The van der Waals surface area contributed by atoms with Crippen LogP contribution in [-0.2, 0) is 6.61 Å². The highest BCUT2D eigenvalue weighted by Crippen LogP contribution is 2.27. The van der Waals surface area contributed by atoms with E-state index in [9.17, 15) is 5.11 Å². The molecule has 2 aromatic heterocycles. The molecule has 0 bridgehead atoms. The van der Waals surface area contributed by atoms with Crippen molar-refractivity contribution in [2.75, 3.05) is 0 Å². The van der Waals surface area contributed by atoms with Crippen LogP contribution in [0.25, 0.3) is 23.3 Å². The van der Waals surface area contributed by atoms with Gasteiger partial charge in [0.1, 0.15) is 12.1 Å². The van der Waals surface area contributed by atoms with Crippen LogP contribution in [0, 0.1) is 6.92 Å². The number of ether oxygens (including phenoxy) is 1. The number of aromatic nitrogens is 2. The summed E-state index contributed by atoms with van der Waals surface area (Å²) in [7, 11) is 0. The molecule has 5 nitrogen and oxygen atoms in total. The normalized spacial score (nSPS) is 12.5. The topological polar surface area (TPSA) is 68.4 Å². The molecular weight excluding hydrogens is 364 g/mol. The van der Waals surface area contributed by atoms with Gasteiger partial charge in [-0.1, -0.05) is 42.5 Å². The maximum atomic E-state index is 10.1. The highest BCUT2D eigenvalue weighted by Gasteiger charge is 2.13. The fraction of sp³-hybridized carbons (Fsp3) is 0.167. The van der Waals surface area contributed by atoms with Gasteiger partial charge >= 0.3 is 0 Å². The summed E-state index contributed by atoms with van der Waals surface area (Å²) in [6.45, 7) is 4.00. The van der Waals surface area contributed by atoms with Gasteiger partial charge in [-0.05, 0) is 43.7 Å². The first kappa shape index (κ1) is 18.9. The molecule has 1 atom stereocenters. The van der Waals surface area contributed by atoms with E-state index in [1.807, 2.05) is 73.7 Å². The number of rotatable bonds is 6. The second-order valence-corrected chi connectivity index (χ2v) is 6.86. The molecule has 0 radical (unpaired) electrons. The Labute approximate surface area is 169 Å². The molecule has 0 spiro atoms. The Hall–Kier alpha value is -3.44. The Morgan fingerprint density at radius 2 is 1.79 bits per heavy atom. The molecule has 29 heavy (non-hydrogen) atoms. The van der Waals surface area contributed by atoms with Crippen LogP contribution in [0.1, 0.15) is 41.3 Å². The molecule has 2 aromatic carbocycles. The van der Waals surface area contributed by atoms with E-state index >= 15 is 0 Å². The number of fused-ring (bicyclic) bond motifs is 1. The van der Waals surface area contributed by atoms with Gasteiger partial charge in [0, 0.05) is 22.9 Å². The van der Waals surface area contributed by atoms with Gasteiger partial charge in [-0.2, -0.15) is 0 Å². The lowest BCUT2D eigenvalue weighted by atomic mass is 10.1. The summed E-state index contributed by atoms with van der Waals surface area (Å²) >= 11 is 0. The molecule has 1 unspecified atom stereocenters. The van der Waals surface area contributed by atoms with E-state index in [2.05, 4.69) is 9.97 Å². The summed E-state index contributed by atoms with van der Waals surface area (Å²) in [6.07, 6.45) is 3.01. The number of hydrogen-bond acceptors (Lipinski definition) is 5. The van der Waals surface area contributed by atoms with E-state index in [1.54, 1.807) is 13.0 Å². The summed E-state index contributed by atoms with van der Waals surface area (Å²) in [5.74, 6) is 1.00. The zero-order chi connectivity index (χ0) is 20.2. The first-order chi connectivity index (χ1) is 14.1. The van der Waals surface area contributed by atoms with Gasteiger partial charge in [0.25, 0.3) is 0 Å². The number of aliphatic hydroxyl groups excluding tert-OH is 1. The SMILES string of the molecule is Cc1nc(OCc2ccccc2)c(/C=C/c2nc3ccccc3o2)cc1C(C)O. The second-order valence-electron chi connectivity index (χ2n) is 6.86. The summed E-state index contributed by atoms with van der Waals surface area (Å²) in [5.41, 5.74) is 4.85. The Bertz CT molecular complexity index is 1110. The lowest BCUT2D eigenvalue weighted by Gasteiger charge is -2.14. The number of pyridine rings is 1. The molecule has 5 heteroatoms. The van der Waals surface area contributed by atoms with Crippen molar-refractivity contribution < 1.29 is 14.3 Å². The highest BCUT2D eigenvalue weighted by molar-refractivity contribution is 5.76. The van der Waals surface area contributed by atoms with Crippen molar-refractivity contribution in [3.05, 3.63) is 88.9 Å². The minimum Gasteiger partial charge on any atom is -0.472 e. The van der Waals surface area contributed by atoms with Gasteiger partial charge in [0.2, 0.25) is 11.8 Å². The number of aryl methyl sites for hydroxylation is 1. The Balaban J connectivity index is 1.66. The molecular formula is C24H22N2O3. The molecule has 146 valence electrons. The number of nitrogens with zero attached hydrogens (tertiary/aromatic N) is 2. The lowest BCUT2D eigenvalue weighted by molar-refractivity contribution is 0.197. The zero-order valence-corrected chi connectivity index (χ0v) is 16.4. The second kappa shape index (κ2) is 8.29. The van der Waals surface area contributed by atoms with Crippen molar-refractivity contribution in [3.8, 4) is 5.88 Å². The average molecular weight is 386 g/mol. The van der Waals surface area contributed by atoms with Crippen LogP contribution in [-0.4, -0.2) is 15.1 Å². The van der Waals surface area contributed by atoms with Crippen LogP contribution in [0.15, 0.2) is 65.1 Å². The van der Waals surface area contributed by atoms with E-state index in [4.69, 9.17) is 9.15 Å². The van der Waals surface area contributed by atoms with Gasteiger partial charge < -0.3 is 14.3 Å². The molecule has 4 aromatic rings. The van der Waals surface area contributed by atoms with Crippen LogP contribution < -0.4 is 4.74 Å². The van der Waals surface area contributed by atoms with Crippen molar-refractivity contribution in [2.24, 2.45) is 0 Å². The third-order valence-electron chi connectivity index (χ3n) is 4.63. The predicted molar refractivity (Wildman–Crippen MR) is 113 cm³/mol. The molecule has 2 heterocycles. The molecule has 1 N–H and O–H groups in total. The Morgan fingerprint density at radius 1 is 1.03 bits per heavy atom. The van der Waals surface area contributed by atoms with Gasteiger partial charge in [-0.25, -0.2) is 9.97 Å². The van der Waals surface area contributed by atoms with Gasteiger partial charge in [-0.15, -0.1) is 0 Å². The van der Waals surface area contributed by atoms with Gasteiger partial charge in [-0.3, -0.25) is 0 Å². The first-order valence-electron chi connectivity index (χ1n) is 9.50. The number of aliphatic hydroxyl groups is 1. The monoisotopic (exact) mass is 386 g/mol. The van der Waals surface area contributed by atoms with E-state index < -0.39 is 6.10 Å². The smallest absolute Gasteiger partial charge is 0.221 e. The van der Waals surface area contributed by atoms with E-state index in [1.165, 1.54) is 0 Å². The van der Waals surface area contributed by atoms with Crippen LogP contribution in [0.2, 0.25) is 0 Å². The summed E-state index contributed by atoms with van der Waals surface area (Å²) < 4.78 is 11.7. The third-order valence-corrected chi connectivity index (χ3v) is 4.63. The number of benzene rings is 2. The number of para-hydroxylation sites is 2. The zero-order valence-electron chi connectivity index (χ0n) is 16.4. The summed E-state index contributed by atoms with van der Waals surface area (Å²) in [4.78, 5) is 9.04. The minimum absolute atomic E-state index is 0.408. The lowest BCUT2D eigenvalue weighted by Crippen LogP contribution is -2.04. The van der Waals surface area contributed by atoms with Gasteiger partial charge in [0.15, 0.2) is 5.58 Å². The largest absolute Gasteiger partial charge is 0.472 e. The molecule has 0 saturated carbocycles. The third kappa shape index (κ3) is 4.36. The summed E-state index contributed by atoms with van der Waals surface area (Å²) in [6, 6.07) is 19.4. The molecule has 0 fully saturated rings. The standard InChI is InChI=1S/C24H22N2O3/c1-16-20(17(2)27)14-19(24(25-16)28-15-18-8-4-3-5-9-18)12-13-23-26-21-10-6-7-11-22(21)29-23/h3-14,17,27H,15H2,1-2H3/b13-12+. The Kier molecular flexibility index (Phi) is 5.40. The molecule has 0 aliphatic rings. The highest BCUT2D eigenvalue weighted by atomic mass is 16.5. The van der Waals surface area contributed by atoms with Crippen LogP contribution in [0.3, 0.4) is 0 Å². The fourth-order valence-electron chi connectivity index (χ4n) is 3.12. The molecule has 0 amide bonds. The van der Waals surface area contributed by atoms with Crippen molar-refractivity contribution >= 4 is 23.3 Å². The van der Waals surface area contributed by atoms with Crippen LogP contribution >= 0.6 is 0 Å². The molecule has 4 rings (SSSR count). The average Bonchev–Trinajstić information content (AvgIpc) is 3.15. The molecule has 0 saturated heterocycles. The van der Waals surface area contributed by atoms with E-state index in [0.717, 1.165) is 33.5 Å². The van der Waals surface area contributed by atoms with E-state index in [0.29, 0.717) is 18.4 Å². The van der Waals surface area contributed by atoms with Crippen LogP contribution in [0.4, 0.5) is 0 Å². The number of hydrogen-bond donors (Lipinski definition) is 1. The predicted octanol–water partition coefficient (Wildman–Crippen LogP) is 5.33. The maximum Gasteiger partial charge on any atom is 0.221 e. The molecule has 0 aliphatic heterocycles. The van der Waals surface area contributed by atoms with Crippen molar-refractivity contribution in [1.29, 1.82) is 0 Å². The Morgan fingerprint density at radius 3 is 2.55 bits per heavy atom. The molecule has 0 aliphatic carbocycles. The fourth-order valence-corrected chi connectivity index (χ4v) is 3.12. The number of oxazole rings is 1. The van der Waals surface area contributed by atoms with Crippen molar-refractivity contribution in [1.82, 2.24) is 9.97 Å².